The number of carboxylic acids is 1. The summed E-state index contributed by atoms with van der Waals surface area (Å²) in [5.74, 6) is -1.96. The van der Waals surface area contributed by atoms with Crippen LogP contribution in [0.3, 0.4) is 0 Å². The maximum Gasteiger partial charge on any atom is 0.316 e. The molecule has 2 aliphatic rings. The van der Waals surface area contributed by atoms with Crippen molar-refractivity contribution < 1.29 is 24.3 Å². The van der Waals surface area contributed by atoms with Gasteiger partial charge in [-0.3, -0.25) is 14.4 Å². The molecular formula is C22H20N6O5S2. The molecule has 2 amide bonds. The van der Waals surface area contributed by atoms with Crippen molar-refractivity contribution in [3.8, 4) is 6.07 Å². The summed E-state index contributed by atoms with van der Waals surface area (Å²) >= 11 is 2.39. The molecule has 180 valence electrons. The number of hydrogen-bond donors (Lipinski definition) is 3. The van der Waals surface area contributed by atoms with Crippen molar-refractivity contribution in [1.29, 1.82) is 5.26 Å². The highest BCUT2D eigenvalue weighted by Crippen LogP contribution is 2.43. The van der Waals surface area contributed by atoms with Crippen LogP contribution in [0, 0.1) is 16.7 Å². The Morgan fingerprint density at radius 3 is 2.89 bits per heavy atom. The summed E-state index contributed by atoms with van der Waals surface area (Å²) in [6.45, 7) is -0.0575. The zero-order valence-electron chi connectivity index (χ0n) is 18.4. The average Bonchev–Trinajstić information content (AvgIpc) is 3.29. The minimum Gasteiger partial charge on any atom is -0.481 e. The lowest BCUT2D eigenvalue weighted by Gasteiger charge is -2.53. The van der Waals surface area contributed by atoms with Gasteiger partial charge in [-0.25, -0.2) is 4.98 Å². The van der Waals surface area contributed by atoms with Crippen molar-refractivity contribution >= 4 is 57.8 Å². The summed E-state index contributed by atoms with van der Waals surface area (Å²) < 4.78 is 0. The van der Waals surface area contributed by atoms with Gasteiger partial charge < -0.3 is 25.9 Å². The number of carbonyl (C=O) groups excluding carboxylic acids is 2. The molecule has 3 heterocycles. The third-order valence-electron chi connectivity index (χ3n) is 5.64. The van der Waals surface area contributed by atoms with Crippen LogP contribution in [0.2, 0.25) is 0 Å². The number of carboxylic acid groups (broad SMARTS) is 1. The molecule has 2 fully saturated rings. The number of nitrogens with one attached hydrogen (secondary N) is 1. The second-order valence-electron chi connectivity index (χ2n) is 7.81. The Kier molecular flexibility index (Phi) is 6.77. The molecule has 2 aromatic rings. The number of rotatable bonds is 7. The van der Waals surface area contributed by atoms with E-state index < -0.39 is 34.6 Å². The Bertz CT molecular complexity index is 1290. The molecule has 2 unspecified atom stereocenters. The fraction of sp³-hybridized carbons (Fsp3) is 0.273. The predicted octanol–water partition coefficient (Wildman–Crippen LogP) is 1.13. The monoisotopic (exact) mass is 512 g/mol. The third-order valence-corrected chi connectivity index (χ3v) is 7.87. The summed E-state index contributed by atoms with van der Waals surface area (Å²) in [6, 6.07) is 8.08. The second kappa shape index (κ2) is 9.77. The number of amides is 2. The summed E-state index contributed by atoms with van der Waals surface area (Å²) in [7, 11) is 1.28. The van der Waals surface area contributed by atoms with E-state index in [1.54, 1.807) is 35.7 Å². The van der Waals surface area contributed by atoms with Gasteiger partial charge in [0.05, 0.1) is 11.6 Å². The topological polar surface area (TPSA) is 171 Å². The number of hydrogen-bond acceptors (Lipinski definition) is 10. The van der Waals surface area contributed by atoms with Gasteiger partial charge >= 0.3 is 5.97 Å². The maximum atomic E-state index is 12.9. The van der Waals surface area contributed by atoms with Gasteiger partial charge in [0.25, 0.3) is 5.91 Å². The Hall–Kier alpha value is -3.89. The highest BCUT2D eigenvalue weighted by Gasteiger charge is 2.56. The lowest BCUT2D eigenvalue weighted by Crippen LogP contribution is -2.73. The van der Waals surface area contributed by atoms with Gasteiger partial charge in [-0.05, 0) is 11.6 Å². The number of nitrogens with zero attached hydrogens (tertiary/aromatic N) is 4. The molecule has 2 saturated heterocycles. The fourth-order valence-corrected chi connectivity index (χ4v) is 5.85. The number of thioether (sulfide) groups is 1. The van der Waals surface area contributed by atoms with Crippen LogP contribution in [0.25, 0.3) is 6.08 Å². The van der Waals surface area contributed by atoms with Gasteiger partial charge in [0.1, 0.15) is 29.6 Å². The first-order chi connectivity index (χ1) is 16.8. The molecule has 4 rings (SSSR count). The molecule has 13 heteroatoms. The molecule has 0 saturated carbocycles. The number of β-lactam (4-membered cyclic amide) rings is 1. The minimum atomic E-state index is -1.34. The number of oxime groups is 1. The van der Waals surface area contributed by atoms with Crippen LogP contribution in [0.4, 0.5) is 5.13 Å². The number of nitrogen functional groups attached to an aromatic ring is 1. The number of fused-ring (bicyclic) bond motifs is 1. The van der Waals surface area contributed by atoms with E-state index in [4.69, 9.17) is 10.6 Å². The zero-order chi connectivity index (χ0) is 25.2. The quantitative estimate of drug-likeness (QED) is 0.279. The van der Waals surface area contributed by atoms with Crippen molar-refractivity contribution in [3.63, 3.8) is 0 Å². The summed E-state index contributed by atoms with van der Waals surface area (Å²) in [4.78, 5) is 48.1. The van der Waals surface area contributed by atoms with E-state index in [2.05, 4.69) is 21.5 Å². The minimum absolute atomic E-state index is 0.0575. The average molecular weight is 513 g/mol. The molecule has 0 aliphatic carbocycles. The molecule has 4 N–H and O–H groups in total. The normalized spacial score (nSPS) is 23.8. The summed E-state index contributed by atoms with van der Waals surface area (Å²) in [6.07, 6.45) is 3.13. The van der Waals surface area contributed by atoms with E-state index in [1.807, 2.05) is 0 Å². The number of carbonyl (C=O) groups is 3. The highest BCUT2D eigenvalue weighted by atomic mass is 32.2. The molecular weight excluding hydrogens is 492 g/mol. The van der Waals surface area contributed by atoms with Gasteiger partial charge in [-0.2, -0.15) is 5.26 Å². The first kappa shape index (κ1) is 24.2. The van der Waals surface area contributed by atoms with Crippen LogP contribution in [-0.2, 0) is 19.2 Å². The predicted molar refractivity (Wildman–Crippen MR) is 130 cm³/mol. The zero-order valence-corrected chi connectivity index (χ0v) is 20.0. The molecule has 2 aliphatic heterocycles. The Morgan fingerprint density at radius 2 is 2.23 bits per heavy atom. The van der Waals surface area contributed by atoms with Crippen LogP contribution in [0.15, 0.2) is 40.9 Å². The van der Waals surface area contributed by atoms with E-state index in [9.17, 15) is 24.8 Å². The second-order valence-corrected chi connectivity index (χ2v) is 9.80. The molecule has 11 nitrogen and oxygen atoms in total. The van der Waals surface area contributed by atoms with Gasteiger partial charge in [-0.15, -0.1) is 23.1 Å². The van der Waals surface area contributed by atoms with Gasteiger partial charge in [0.2, 0.25) is 5.91 Å². The first-order valence-corrected chi connectivity index (χ1v) is 12.2. The number of aromatic nitrogens is 1. The number of nitriles is 1. The molecule has 1 aromatic heterocycles. The smallest absolute Gasteiger partial charge is 0.316 e. The molecule has 1 aromatic carbocycles. The molecule has 0 bridgehead atoms. The van der Waals surface area contributed by atoms with E-state index in [-0.39, 0.29) is 28.8 Å². The van der Waals surface area contributed by atoms with Gasteiger partial charge in [0.15, 0.2) is 10.8 Å². The molecule has 3 atom stereocenters. The van der Waals surface area contributed by atoms with Crippen molar-refractivity contribution in [3.05, 3.63) is 52.5 Å². The fourth-order valence-electron chi connectivity index (χ4n) is 3.79. The van der Waals surface area contributed by atoms with Crippen LogP contribution in [0.5, 0.6) is 0 Å². The molecule has 35 heavy (non-hydrogen) atoms. The summed E-state index contributed by atoms with van der Waals surface area (Å²) in [5.41, 5.74) is 5.41. The van der Waals surface area contributed by atoms with E-state index in [0.717, 1.165) is 11.3 Å². The van der Waals surface area contributed by atoms with Crippen LogP contribution >= 0.6 is 23.1 Å². The van der Waals surface area contributed by atoms with E-state index in [0.29, 0.717) is 11.1 Å². The number of thiazole rings is 1. The van der Waals surface area contributed by atoms with Crippen molar-refractivity contribution in [1.82, 2.24) is 15.2 Å². The van der Waals surface area contributed by atoms with Gasteiger partial charge in [0, 0.05) is 17.7 Å². The van der Waals surface area contributed by atoms with Gasteiger partial charge in [-0.1, -0.05) is 35.5 Å². The van der Waals surface area contributed by atoms with Crippen molar-refractivity contribution in [2.45, 2.75) is 11.4 Å². The number of nitrogens with two attached hydrogens (primary N) is 1. The molecule has 0 radical (unpaired) electrons. The lowest BCUT2D eigenvalue weighted by atomic mass is 9.86. The van der Waals surface area contributed by atoms with Crippen molar-refractivity contribution in [2.24, 2.45) is 10.6 Å². The van der Waals surface area contributed by atoms with Crippen LogP contribution in [0.1, 0.15) is 16.8 Å². The van der Waals surface area contributed by atoms with E-state index in [1.165, 1.54) is 29.8 Å². The maximum absolute atomic E-state index is 12.9. The van der Waals surface area contributed by atoms with Crippen LogP contribution in [-0.4, -0.2) is 69.3 Å². The number of anilines is 1. The largest absolute Gasteiger partial charge is 0.481 e. The highest BCUT2D eigenvalue weighted by molar-refractivity contribution is 8.00. The molecule has 0 spiro atoms. The Balaban J connectivity index is 1.49. The lowest BCUT2D eigenvalue weighted by molar-refractivity contribution is -0.155. The van der Waals surface area contributed by atoms with Crippen molar-refractivity contribution in [2.75, 3.05) is 25.1 Å². The third kappa shape index (κ3) is 4.58. The first-order valence-electron chi connectivity index (χ1n) is 10.3. The standard InChI is InChI=1S/C22H20N6O5S2/c1-33-27-15(14-9-34-21(24)25-14)17(29)26-16-18(30)28-10-22(20(31)32,11-35-19(16)28)7-6-12-4-2-3-5-13(12)8-23/h2-7,9,16,19H,10-11H2,1H3,(H2,24,25)(H,26,29)(H,31,32)/t16?,19-,22?/m1/s1. The number of benzene rings is 1. The van der Waals surface area contributed by atoms with Crippen LogP contribution < -0.4 is 11.1 Å². The Labute approximate surface area is 208 Å². The SMILES string of the molecule is CON=C(C(=O)NC1C(=O)N2CC(C=Cc3ccccc3C#N)(C(=O)O)CS[C@H]12)c1csc(N)n1. The number of aliphatic carboxylic acids is 1. The summed E-state index contributed by atoms with van der Waals surface area (Å²) in [5, 5.41) is 27.0. The Morgan fingerprint density at radius 1 is 1.46 bits per heavy atom. The van der Waals surface area contributed by atoms with E-state index >= 15 is 0 Å².